The van der Waals surface area contributed by atoms with Crippen molar-refractivity contribution in [2.45, 2.75) is 6.18 Å². The van der Waals surface area contributed by atoms with E-state index in [0.29, 0.717) is 0 Å². The van der Waals surface area contributed by atoms with Gasteiger partial charge in [0.2, 0.25) is 5.88 Å². The Morgan fingerprint density at radius 3 is 2.50 bits per heavy atom. The number of nitrogens with one attached hydrogen (secondary N) is 1. The molecule has 0 saturated carbocycles. The smallest absolute Gasteiger partial charge is 0.422 e. The molecule has 0 fully saturated rings. The molecule has 1 amide bonds. The lowest BCUT2D eigenvalue weighted by Crippen LogP contribution is -2.20. The number of nitrogens with zero attached hydrogens (tertiary/aromatic N) is 2. The van der Waals surface area contributed by atoms with Crippen LogP contribution in [0.4, 0.5) is 24.5 Å². The third-order valence-electron chi connectivity index (χ3n) is 3.48. The Kier molecular flexibility index (Phi) is 5.20. The summed E-state index contributed by atoms with van der Waals surface area (Å²) in [6, 6.07) is 4.66. The highest BCUT2D eigenvalue weighted by atomic mass is 19.4. The SMILES string of the molecule is O=C(Nc1ccc(OCC(F)(F)F)nc1)c1cc2c(cc1[N+](=O)[O-])OCCO2. The first-order chi connectivity index (χ1) is 13.2. The van der Waals surface area contributed by atoms with Gasteiger partial charge in [-0.1, -0.05) is 0 Å². The van der Waals surface area contributed by atoms with E-state index in [1.165, 1.54) is 12.1 Å². The Bertz CT molecular complexity index is 902. The first-order valence-electron chi connectivity index (χ1n) is 7.78. The molecule has 28 heavy (non-hydrogen) atoms. The summed E-state index contributed by atoms with van der Waals surface area (Å²) in [7, 11) is 0. The van der Waals surface area contributed by atoms with Gasteiger partial charge < -0.3 is 19.5 Å². The lowest BCUT2D eigenvalue weighted by Gasteiger charge is -2.18. The van der Waals surface area contributed by atoms with E-state index in [9.17, 15) is 28.1 Å². The zero-order valence-corrected chi connectivity index (χ0v) is 14.0. The molecule has 0 spiro atoms. The van der Waals surface area contributed by atoms with Crippen molar-refractivity contribution in [3.8, 4) is 17.4 Å². The molecule has 12 heteroatoms. The van der Waals surface area contributed by atoms with Crippen LogP contribution in [0.25, 0.3) is 0 Å². The minimum Gasteiger partial charge on any atom is -0.486 e. The van der Waals surface area contributed by atoms with Crippen LogP contribution in [0.2, 0.25) is 0 Å². The van der Waals surface area contributed by atoms with Gasteiger partial charge >= 0.3 is 6.18 Å². The van der Waals surface area contributed by atoms with Crippen LogP contribution >= 0.6 is 0 Å². The number of anilines is 1. The molecule has 2 heterocycles. The van der Waals surface area contributed by atoms with E-state index in [1.54, 1.807) is 0 Å². The van der Waals surface area contributed by atoms with Crippen LogP contribution in [0.5, 0.6) is 17.4 Å². The number of rotatable bonds is 5. The second kappa shape index (κ2) is 7.58. The first kappa shape index (κ1) is 19.2. The number of benzene rings is 1. The van der Waals surface area contributed by atoms with Gasteiger partial charge in [0, 0.05) is 12.1 Å². The Labute approximate surface area is 155 Å². The van der Waals surface area contributed by atoms with Crippen LogP contribution in [0.3, 0.4) is 0 Å². The number of carbonyl (C=O) groups is 1. The van der Waals surface area contributed by atoms with Gasteiger partial charge in [-0.2, -0.15) is 13.2 Å². The quantitative estimate of drug-likeness (QED) is 0.607. The highest BCUT2D eigenvalue weighted by Gasteiger charge is 2.29. The predicted octanol–water partition coefficient (Wildman–Crippen LogP) is 2.95. The van der Waals surface area contributed by atoms with E-state index in [1.807, 2.05) is 0 Å². The summed E-state index contributed by atoms with van der Waals surface area (Å²) >= 11 is 0. The number of nitro groups is 1. The van der Waals surface area contributed by atoms with Gasteiger partial charge in [-0.3, -0.25) is 14.9 Å². The number of amides is 1. The molecule has 1 aromatic carbocycles. The van der Waals surface area contributed by atoms with Crippen molar-refractivity contribution in [1.82, 2.24) is 4.98 Å². The Hall–Kier alpha value is -3.57. The monoisotopic (exact) mass is 399 g/mol. The minimum atomic E-state index is -4.51. The second-order valence-corrected chi connectivity index (χ2v) is 5.51. The van der Waals surface area contributed by atoms with Gasteiger partial charge in [-0.25, -0.2) is 4.98 Å². The zero-order valence-electron chi connectivity index (χ0n) is 14.0. The van der Waals surface area contributed by atoms with Crippen molar-refractivity contribution in [1.29, 1.82) is 0 Å². The number of carbonyl (C=O) groups excluding carboxylic acids is 1. The molecule has 148 valence electrons. The van der Waals surface area contributed by atoms with E-state index in [0.717, 1.165) is 18.3 Å². The van der Waals surface area contributed by atoms with Crippen molar-refractivity contribution in [2.75, 3.05) is 25.1 Å². The van der Waals surface area contributed by atoms with Crippen molar-refractivity contribution in [3.63, 3.8) is 0 Å². The van der Waals surface area contributed by atoms with Crippen molar-refractivity contribution >= 4 is 17.3 Å². The molecule has 0 radical (unpaired) electrons. The fourth-order valence-electron chi connectivity index (χ4n) is 2.30. The Morgan fingerprint density at radius 1 is 1.25 bits per heavy atom. The summed E-state index contributed by atoms with van der Waals surface area (Å²) in [5, 5.41) is 13.7. The maximum absolute atomic E-state index is 12.4. The number of halogens is 3. The Morgan fingerprint density at radius 2 is 1.93 bits per heavy atom. The van der Waals surface area contributed by atoms with Gasteiger partial charge in [-0.15, -0.1) is 0 Å². The number of aromatic nitrogens is 1. The summed E-state index contributed by atoms with van der Waals surface area (Å²) < 4.78 is 51.4. The summed E-state index contributed by atoms with van der Waals surface area (Å²) in [5.41, 5.74) is -0.653. The zero-order chi connectivity index (χ0) is 20.3. The highest BCUT2D eigenvalue weighted by Crippen LogP contribution is 2.36. The number of hydrogen-bond acceptors (Lipinski definition) is 7. The molecule has 3 rings (SSSR count). The fraction of sp³-hybridized carbons (Fsp3) is 0.250. The number of hydrogen-bond donors (Lipinski definition) is 1. The molecule has 1 aromatic heterocycles. The molecular weight excluding hydrogens is 387 g/mol. The van der Waals surface area contributed by atoms with Crippen LogP contribution in [-0.2, 0) is 0 Å². The number of pyridine rings is 1. The second-order valence-electron chi connectivity index (χ2n) is 5.51. The van der Waals surface area contributed by atoms with Crippen molar-refractivity contribution < 1.29 is 37.1 Å². The fourth-order valence-corrected chi connectivity index (χ4v) is 2.30. The molecule has 0 aliphatic carbocycles. The van der Waals surface area contributed by atoms with E-state index in [-0.39, 0.29) is 41.8 Å². The largest absolute Gasteiger partial charge is 0.486 e. The maximum Gasteiger partial charge on any atom is 0.422 e. The molecule has 0 saturated heterocycles. The average Bonchev–Trinajstić information content (AvgIpc) is 2.65. The molecule has 1 aliphatic heterocycles. The van der Waals surface area contributed by atoms with Gasteiger partial charge in [0.1, 0.15) is 18.8 Å². The van der Waals surface area contributed by atoms with E-state index < -0.39 is 29.3 Å². The van der Waals surface area contributed by atoms with Gasteiger partial charge in [0.15, 0.2) is 18.1 Å². The molecule has 2 aromatic rings. The van der Waals surface area contributed by atoms with Crippen LogP contribution in [0, 0.1) is 10.1 Å². The maximum atomic E-state index is 12.4. The number of nitro benzene ring substituents is 1. The molecular formula is C16H12F3N3O6. The first-order valence-corrected chi connectivity index (χ1v) is 7.78. The van der Waals surface area contributed by atoms with Gasteiger partial charge in [0.25, 0.3) is 11.6 Å². The lowest BCUT2D eigenvalue weighted by atomic mass is 10.1. The molecule has 1 N–H and O–H groups in total. The standard InChI is InChI=1S/C16H12F3N3O6/c17-16(18,19)8-28-14-2-1-9(7-20-14)21-15(23)10-5-12-13(27-4-3-26-12)6-11(10)22(24)25/h1-2,5-7H,3-4,8H2,(H,21,23). The minimum absolute atomic E-state index is 0.105. The van der Waals surface area contributed by atoms with E-state index >= 15 is 0 Å². The molecule has 0 unspecified atom stereocenters. The normalized spacial score (nSPS) is 13.0. The molecule has 9 nitrogen and oxygen atoms in total. The summed E-state index contributed by atoms with van der Waals surface area (Å²) in [4.78, 5) is 26.6. The molecule has 0 atom stereocenters. The lowest BCUT2D eigenvalue weighted by molar-refractivity contribution is -0.385. The van der Waals surface area contributed by atoms with Crippen LogP contribution in [0.15, 0.2) is 30.5 Å². The number of fused-ring (bicyclic) bond motifs is 1. The number of ether oxygens (including phenoxy) is 3. The Balaban J connectivity index is 1.76. The van der Waals surface area contributed by atoms with Gasteiger partial charge in [-0.05, 0) is 6.07 Å². The third-order valence-corrected chi connectivity index (χ3v) is 3.48. The summed E-state index contributed by atoms with van der Waals surface area (Å²) in [6.45, 7) is -1.05. The number of alkyl halides is 3. The molecule has 0 bridgehead atoms. The topological polar surface area (TPSA) is 113 Å². The van der Waals surface area contributed by atoms with Crippen LogP contribution < -0.4 is 19.5 Å². The third kappa shape index (κ3) is 4.58. The van der Waals surface area contributed by atoms with Crippen molar-refractivity contribution in [3.05, 3.63) is 46.1 Å². The van der Waals surface area contributed by atoms with Gasteiger partial charge in [0.05, 0.1) is 22.9 Å². The summed E-state index contributed by atoms with van der Waals surface area (Å²) in [5.74, 6) is -0.770. The average molecular weight is 399 g/mol. The van der Waals surface area contributed by atoms with E-state index in [2.05, 4.69) is 15.0 Å². The van der Waals surface area contributed by atoms with E-state index in [4.69, 9.17) is 9.47 Å². The van der Waals surface area contributed by atoms with Crippen LogP contribution in [-0.4, -0.2) is 41.8 Å². The summed E-state index contributed by atoms with van der Waals surface area (Å²) in [6.07, 6.45) is -3.45. The predicted molar refractivity (Wildman–Crippen MR) is 87.8 cm³/mol. The van der Waals surface area contributed by atoms with Crippen molar-refractivity contribution in [2.24, 2.45) is 0 Å². The molecule has 1 aliphatic rings. The highest BCUT2D eigenvalue weighted by molar-refractivity contribution is 6.07. The van der Waals surface area contributed by atoms with Crippen LogP contribution in [0.1, 0.15) is 10.4 Å².